The van der Waals surface area contributed by atoms with Crippen LogP contribution in [-0.4, -0.2) is 35.4 Å². The van der Waals surface area contributed by atoms with Crippen molar-refractivity contribution in [3.8, 4) is 23.7 Å². The number of nitrogens with one attached hydrogen (secondary N) is 3. The molecule has 0 radical (unpaired) electrons. The molecule has 2 aromatic carbocycles. The molecule has 166 valence electrons. The van der Waals surface area contributed by atoms with E-state index in [0.29, 0.717) is 6.54 Å². The number of carbonyl (C=O) groups is 2. The van der Waals surface area contributed by atoms with Crippen molar-refractivity contribution in [2.24, 2.45) is 0 Å². The minimum atomic E-state index is -0.847. The molecule has 1 atom stereocenters. The minimum absolute atomic E-state index is 0.0506. The number of hydroxylamine groups is 1. The number of hydrogen-bond donors (Lipinski definition) is 4. The second-order valence-electron chi connectivity index (χ2n) is 7.86. The number of amides is 2. The molecule has 2 amide bonds. The van der Waals surface area contributed by atoms with E-state index in [4.69, 9.17) is 9.94 Å². The highest BCUT2D eigenvalue weighted by Crippen LogP contribution is 2.07. The highest BCUT2D eigenvalue weighted by Gasteiger charge is 2.21. The molecule has 4 N–H and O–H groups in total. The number of rotatable bonds is 6. The maximum atomic E-state index is 11.9. The first kappa shape index (κ1) is 24.5. The molecule has 0 fully saturated rings. The quantitative estimate of drug-likeness (QED) is 0.319. The van der Waals surface area contributed by atoms with E-state index in [-0.39, 0.29) is 6.54 Å². The van der Waals surface area contributed by atoms with E-state index in [1.807, 2.05) is 54.6 Å². The lowest BCUT2D eigenvalue weighted by molar-refractivity contribution is -0.131. The Labute approximate surface area is 188 Å². The van der Waals surface area contributed by atoms with Gasteiger partial charge in [0.1, 0.15) is 11.6 Å². The number of alkyl carbamates (subject to hydrolysis) is 1. The van der Waals surface area contributed by atoms with Gasteiger partial charge in [-0.25, -0.2) is 10.3 Å². The molecule has 2 aromatic rings. The second-order valence-corrected chi connectivity index (χ2v) is 7.86. The smallest absolute Gasteiger partial charge is 0.407 e. The molecule has 0 bridgehead atoms. The molecule has 0 aliphatic carbocycles. The summed E-state index contributed by atoms with van der Waals surface area (Å²) in [7, 11) is 0. The van der Waals surface area contributed by atoms with E-state index in [2.05, 4.69) is 34.3 Å². The standard InChI is InChI=1S/C25H27N3O4/c1-25(2,3)32-24(30)27-18-22(23(29)28-31)26-17-21-15-13-20(14-16-21)12-8-7-11-19-9-5-4-6-10-19/h4-6,9-10,13-16,22,26,31H,17-18H2,1-3H3,(H,27,30)(H,28,29)/t22-/m0/s1. The SMILES string of the molecule is CC(C)(C)OC(=O)NC[C@H](NCc1ccc(C#CC#Cc2ccccc2)cc1)C(=O)NO. The largest absolute Gasteiger partial charge is 0.444 e. The van der Waals surface area contributed by atoms with Crippen molar-refractivity contribution < 1.29 is 19.5 Å². The fourth-order valence-electron chi connectivity index (χ4n) is 2.51. The first-order chi connectivity index (χ1) is 15.3. The Morgan fingerprint density at radius 1 is 0.969 bits per heavy atom. The number of carbonyl (C=O) groups excluding carboxylic acids is 2. The van der Waals surface area contributed by atoms with Gasteiger partial charge in [-0.3, -0.25) is 10.0 Å². The van der Waals surface area contributed by atoms with E-state index < -0.39 is 23.6 Å². The summed E-state index contributed by atoms with van der Waals surface area (Å²) < 4.78 is 5.15. The summed E-state index contributed by atoms with van der Waals surface area (Å²) in [6.45, 7) is 5.52. The van der Waals surface area contributed by atoms with Crippen LogP contribution in [0.1, 0.15) is 37.5 Å². The Bertz CT molecular complexity index is 1020. The predicted molar refractivity (Wildman–Crippen MR) is 121 cm³/mol. The van der Waals surface area contributed by atoms with Gasteiger partial charge >= 0.3 is 6.09 Å². The fourth-order valence-corrected chi connectivity index (χ4v) is 2.51. The summed E-state index contributed by atoms with van der Waals surface area (Å²) in [6, 6.07) is 16.2. The Hall–Kier alpha value is -3.78. The van der Waals surface area contributed by atoms with Crippen molar-refractivity contribution in [2.45, 2.75) is 39.0 Å². The molecule has 0 aliphatic heterocycles. The average Bonchev–Trinajstić information content (AvgIpc) is 2.76. The van der Waals surface area contributed by atoms with Crippen LogP contribution < -0.4 is 16.1 Å². The third-order valence-corrected chi connectivity index (χ3v) is 4.03. The zero-order chi connectivity index (χ0) is 23.4. The van der Waals surface area contributed by atoms with Gasteiger partial charge in [0.15, 0.2) is 0 Å². The fraction of sp³-hybridized carbons (Fsp3) is 0.280. The lowest BCUT2D eigenvalue weighted by Gasteiger charge is -2.22. The van der Waals surface area contributed by atoms with Crippen LogP contribution in [-0.2, 0) is 16.1 Å². The lowest BCUT2D eigenvalue weighted by atomic mass is 10.1. The third kappa shape index (κ3) is 9.36. The molecule has 7 nitrogen and oxygen atoms in total. The van der Waals surface area contributed by atoms with Crippen LogP contribution in [0.4, 0.5) is 4.79 Å². The molecule has 0 aromatic heterocycles. The molecule has 0 spiro atoms. The lowest BCUT2D eigenvalue weighted by Crippen LogP contribution is -2.50. The van der Waals surface area contributed by atoms with E-state index in [1.54, 1.807) is 26.3 Å². The molecule has 32 heavy (non-hydrogen) atoms. The normalized spacial score (nSPS) is 11.1. The van der Waals surface area contributed by atoms with Gasteiger partial charge in [0, 0.05) is 24.2 Å². The monoisotopic (exact) mass is 433 g/mol. The first-order valence-electron chi connectivity index (χ1n) is 10.1. The van der Waals surface area contributed by atoms with Gasteiger partial charge in [0.05, 0.1) is 0 Å². The highest BCUT2D eigenvalue weighted by atomic mass is 16.6. The zero-order valence-corrected chi connectivity index (χ0v) is 18.4. The van der Waals surface area contributed by atoms with Crippen molar-refractivity contribution in [3.63, 3.8) is 0 Å². The molecular formula is C25H27N3O4. The van der Waals surface area contributed by atoms with E-state index in [0.717, 1.165) is 16.7 Å². The summed E-state index contributed by atoms with van der Waals surface area (Å²) in [5.41, 5.74) is 3.57. The van der Waals surface area contributed by atoms with E-state index in [1.165, 1.54) is 0 Å². The predicted octanol–water partition coefficient (Wildman–Crippen LogP) is 2.58. The first-order valence-corrected chi connectivity index (χ1v) is 10.1. The molecule has 0 heterocycles. The number of hydrogen-bond acceptors (Lipinski definition) is 5. The molecule has 0 saturated heterocycles. The summed E-state index contributed by atoms with van der Waals surface area (Å²) in [5, 5.41) is 14.5. The molecule has 7 heteroatoms. The van der Waals surface area contributed by atoms with Crippen LogP contribution in [0, 0.1) is 23.7 Å². The Morgan fingerprint density at radius 2 is 1.56 bits per heavy atom. The molecule has 0 aliphatic rings. The summed E-state index contributed by atoms with van der Waals surface area (Å²) >= 11 is 0. The number of ether oxygens (including phenoxy) is 1. The third-order valence-electron chi connectivity index (χ3n) is 4.03. The van der Waals surface area contributed by atoms with E-state index in [9.17, 15) is 9.59 Å². The Balaban J connectivity index is 1.89. The van der Waals surface area contributed by atoms with E-state index >= 15 is 0 Å². The molecule has 2 rings (SSSR count). The molecule has 0 unspecified atom stereocenters. The van der Waals surface area contributed by atoms with Gasteiger partial charge in [0.25, 0.3) is 5.91 Å². The van der Waals surface area contributed by atoms with Crippen molar-refractivity contribution in [1.82, 2.24) is 16.1 Å². The van der Waals surface area contributed by atoms with Crippen LogP contribution in [0.15, 0.2) is 54.6 Å². The van der Waals surface area contributed by atoms with Gasteiger partial charge in [-0.1, -0.05) is 42.2 Å². The summed E-state index contributed by atoms with van der Waals surface area (Å²) in [6.07, 6.45) is -0.645. The highest BCUT2D eigenvalue weighted by molar-refractivity contribution is 5.81. The van der Waals surface area contributed by atoms with Crippen LogP contribution in [0.25, 0.3) is 0 Å². The van der Waals surface area contributed by atoms with Crippen molar-refractivity contribution in [1.29, 1.82) is 0 Å². The van der Waals surface area contributed by atoms with Crippen molar-refractivity contribution in [3.05, 3.63) is 71.3 Å². The molecular weight excluding hydrogens is 406 g/mol. The van der Waals surface area contributed by atoms with Gasteiger partial charge in [-0.05, 0) is 62.4 Å². The van der Waals surface area contributed by atoms with Gasteiger partial charge in [-0.15, -0.1) is 0 Å². The van der Waals surface area contributed by atoms with Crippen LogP contribution >= 0.6 is 0 Å². The van der Waals surface area contributed by atoms with Crippen LogP contribution in [0.3, 0.4) is 0 Å². The zero-order valence-electron chi connectivity index (χ0n) is 18.4. The summed E-state index contributed by atoms with van der Waals surface area (Å²) in [4.78, 5) is 23.7. The van der Waals surface area contributed by atoms with Crippen LogP contribution in [0.2, 0.25) is 0 Å². The van der Waals surface area contributed by atoms with Gasteiger partial charge in [0.2, 0.25) is 0 Å². The average molecular weight is 434 g/mol. The Morgan fingerprint density at radius 3 is 2.12 bits per heavy atom. The van der Waals surface area contributed by atoms with Crippen LogP contribution in [0.5, 0.6) is 0 Å². The van der Waals surface area contributed by atoms with Crippen molar-refractivity contribution in [2.75, 3.05) is 6.54 Å². The Kier molecular flexibility index (Phi) is 9.31. The van der Waals surface area contributed by atoms with Crippen molar-refractivity contribution >= 4 is 12.0 Å². The minimum Gasteiger partial charge on any atom is -0.444 e. The van der Waals surface area contributed by atoms with Gasteiger partial charge in [-0.2, -0.15) is 0 Å². The summed E-state index contributed by atoms with van der Waals surface area (Å²) in [5.74, 6) is 10.9. The number of benzene rings is 2. The topological polar surface area (TPSA) is 99.7 Å². The molecule has 0 saturated carbocycles. The van der Waals surface area contributed by atoms with Gasteiger partial charge < -0.3 is 15.4 Å². The maximum Gasteiger partial charge on any atom is 0.407 e. The maximum absolute atomic E-state index is 11.9. The second kappa shape index (κ2) is 12.2.